The zero-order valence-corrected chi connectivity index (χ0v) is 48.7. The highest BCUT2D eigenvalue weighted by molar-refractivity contribution is 5.70. The Morgan fingerprint density at radius 3 is 0.833 bits per heavy atom. The Balaban J connectivity index is 3.41. The van der Waals surface area contributed by atoms with Crippen molar-refractivity contribution in [1.82, 2.24) is 0 Å². The summed E-state index contributed by atoms with van der Waals surface area (Å²) < 4.78 is 10.7. The van der Waals surface area contributed by atoms with E-state index in [1.807, 2.05) is 0 Å². The lowest BCUT2D eigenvalue weighted by Crippen LogP contribution is -2.28. The van der Waals surface area contributed by atoms with E-state index in [0.717, 1.165) is 44.9 Å². The van der Waals surface area contributed by atoms with Crippen LogP contribution >= 0.6 is 0 Å². The van der Waals surface area contributed by atoms with Gasteiger partial charge < -0.3 is 14.6 Å². The summed E-state index contributed by atoms with van der Waals surface area (Å²) in [5.74, 6) is -0.572. The molecule has 0 radical (unpaired) electrons. The van der Waals surface area contributed by atoms with Crippen molar-refractivity contribution in [2.24, 2.45) is 0 Å². The van der Waals surface area contributed by atoms with Crippen LogP contribution in [0.5, 0.6) is 0 Å². The molecule has 5 nitrogen and oxygen atoms in total. The van der Waals surface area contributed by atoms with Crippen molar-refractivity contribution in [1.29, 1.82) is 0 Å². The highest BCUT2D eigenvalue weighted by Crippen LogP contribution is 2.18. The number of hydrogen-bond acceptors (Lipinski definition) is 5. The minimum absolute atomic E-state index is 0.0615. The van der Waals surface area contributed by atoms with Crippen LogP contribution in [0.2, 0.25) is 0 Å². The SMILES string of the molecule is CCCCCCC/C=C\C/C=C\C/C=C\CCCCCCCCCCCCCCC(=O)OC(CO)COC(=O)CCCCCCCCCCCCCCCCCCCCCCCCCCCCCCCCC. The van der Waals surface area contributed by atoms with Crippen molar-refractivity contribution in [2.75, 3.05) is 13.2 Å². The van der Waals surface area contributed by atoms with Crippen molar-refractivity contribution < 1.29 is 24.2 Å². The van der Waals surface area contributed by atoms with E-state index in [4.69, 9.17) is 9.47 Å². The van der Waals surface area contributed by atoms with Crippen LogP contribution in [0.4, 0.5) is 0 Å². The zero-order valence-electron chi connectivity index (χ0n) is 48.7. The Hall–Kier alpha value is -1.88. The van der Waals surface area contributed by atoms with Crippen LogP contribution in [0.3, 0.4) is 0 Å². The van der Waals surface area contributed by atoms with Crippen LogP contribution in [0.1, 0.15) is 361 Å². The molecule has 0 aliphatic heterocycles. The topological polar surface area (TPSA) is 72.8 Å². The van der Waals surface area contributed by atoms with Gasteiger partial charge in [-0.25, -0.2) is 0 Å². The minimum Gasteiger partial charge on any atom is -0.462 e. The van der Waals surface area contributed by atoms with Crippen LogP contribution in [-0.4, -0.2) is 36.4 Å². The summed E-state index contributed by atoms with van der Waals surface area (Å²) in [6.45, 7) is 4.19. The average Bonchev–Trinajstić information content (AvgIpc) is 3.38. The lowest BCUT2D eigenvalue weighted by atomic mass is 10.0. The Morgan fingerprint density at radius 1 is 0.319 bits per heavy atom. The molecule has 0 fully saturated rings. The molecule has 0 saturated carbocycles. The van der Waals surface area contributed by atoms with Gasteiger partial charge in [-0.1, -0.05) is 333 Å². The van der Waals surface area contributed by atoms with Crippen LogP contribution in [0.15, 0.2) is 36.5 Å². The van der Waals surface area contributed by atoms with Crippen LogP contribution in [0, 0.1) is 0 Å². The molecule has 0 saturated heterocycles. The van der Waals surface area contributed by atoms with Gasteiger partial charge in [0.05, 0.1) is 6.61 Å². The molecule has 0 heterocycles. The van der Waals surface area contributed by atoms with Gasteiger partial charge in [0, 0.05) is 12.8 Å². The fourth-order valence-electron chi connectivity index (χ4n) is 10.0. The second kappa shape index (κ2) is 63.4. The summed E-state index contributed by atoms with van der Waals surface area (Å²) >= 11 is 0. The number of allylic oxidation sites excluding steroid dienone is 6. The van der Waals surface area contributed by atoms with E-state index in [9.17, 15) is 14.7 Å². The maximum absolute atomic E-state index is 12.3. The summed E-state index contributed by atoms with van der Waals surface area (Å²) in [4.78, 5) is 24.6. The van der Waals surface area contributed by atoms with Crippen LogP contribution in [0.25, 0.3) is 0 Å². The summed E-state index contributed by atoms with van der Waals surface area (Å²) in [7, 11) is 0. The number of carbonyl (C=O) groups is 2. The van der Waals surface area contributed by atoms with Crippen LogP contribution < -0.4 is 0 Å². The summed E-state index contributed by atoms with van der Waals surface area (Å²) in [5, 5.41) is 9.68. The van der Waals surface area contributed by atoms with Gasteiger partial charge in [0.15, 0.2) is 6.10 Å². The number of hydrogen-bond donors (Lipinski definition) is 1. The van der Waals surface area contributed by atoms with Gasteiger partial charge >= 0.3 is 11.9 Å². The maximum atomic E-state index is 12.3. The van der Waals surface area contributed by atoms with Crippen molar-refractivity contribution in [3.05, 3.63) is 36.5 Å². The molecular formula is C67H126O5. The molecule has 1 unspecified atom stereocenters. The Morgan fingerprint density at radius 2 is 0.556 bits per heavy atom. The molecule has 0 aromatic heterocycles. The van der Waals surface area contributed by atoms with E-state index >= 15 is 0 Å². The lowest BCUT2D eigenvalue weighted by Gasteiger charge is -2.15. The Bertz CT molecular complexity index is 1140. The monoisotopic (exact) mass is 1010 g/mol. The third-order valence-corrected chi connectivity index (χ3v) is 14.9. The first-order valence-corrected chi connectivity index (χ1v) is 32.5. The Labute approximate surface area is 450 Å². The van der Waals surface area contributed by atoms with E-state index < -0.39 is 6.10 Å². The molecule has 0 aliphatic rings. The molecule has 0 bridgehead atoms. The average molecular weight is 1010 g/mol. The smallest absolute Gasteiger partial charge is 0.306 e. The molecule has 424 valence electrons. The summed E-state index contributed by atoms with van der Waals surface area (Å²) in [6.07, 6.45) is 83.0. The van der Waals surface area contributed by atoms with Crippen molar-refractivity contribution in [3.63, 3.8) is 0 Å². The number of ether oxygens (including phenoxy) is 2. The number of unbranched alkanes of at least 4 members (excludes halogenated alkanes) is 47. The van der Waals surface area contributed by atoms with E-state index in [2.05, 4.69) is 50.3 Å². The highest BCUT2D eigenvalue weighted by Gasteiger charge is 2.16. The third-order valence-electron chi connectivity index (χ3n) is 14.9. The first kappa shape index (κ1) is 70.1. The van der Waals surface area contributed by atoms with E-state index in [1.165, 1.54) is 289 Å². The molecule has 0 spiro atoms. The van der Waals surface area contributed by atoms with Gasteiger partial charge in [0.1, 0.15) is 6.61 Å². The largest absolute Gasteiger partial charge is 0.462 e. The predicted molar refractivity (Wildman–Crippen MR) is 316 cm³/mol. The number of aliphatic hydroxyl groups is 1. The predicted octanol–water partition coefficient (Wildman–Crippen LogP) is 22.2. The van der Waals surface area contributed by atoms with Gasteiger partial charge in [-0.2, -0.15) is 0 Å². The fourth-order valence-corrected chi connectivity index (χ4v) is 10.0. The van der Waals surface area contributed by atoms with Gasteiger partial charge in [0.2, 0.25) is 0 Å². The standard InChI is InChI=1S/C67H126O5/c1-3-5-7-9-11-13-15-17-19-21-23-25-27-29-31-32-33-34-36-37-39-41-43-45-47-49-51-53-55-57-59-61-66(69)71-64-65(63-68)72-67(70)62-60-58-56-54-52-50-48-46-44-42-40-38-35-30-28-26-24-22-20-18-16-14-12-10-8-6-4-2/h16,18,22,24,28,30,65,68H,3-15,17,19-21,23,25-27,29,31-64H2,1-2H3/b18-16-,24-22-,30-28-. The van der Waals surface area contributed by atoms with Crippen LogP contribution in [-0.2, 0) is 19.1 Å². The van der Waals surface area contributed by atoms with Crippen molar-refractivity contribution in [3.8, 4) is 0 Å². The Kier molecular flexibility index (Phi) is 61.8. The second-order valence-corrected chi connectivity index (χ2v) is 22.2. The molecule has 1 atom stereocenters. The molecule has 0 rings (SSSR count). The first-order chi connectivity index (χ1) is 35.6. The molecule has 0 aliphatic carbocycles. The molecule has 0 amide bonds. The van der Waals surface area contributed by atoms with Gasteiger partial charge in [-0.3, -0.25) is 9.59 Å². The first-order valence-electron chi connectivity index (χ1n) is 32.5. The van der Waals surface area contributed by atoms with E-state index in [-0.39, 0.29) is 25.2 Å². The molecular weight excluding hydrogens is 885 g/mol. The molecule has 0 aromatic carbocycles. The molecule has 0 aromatic rings. The number of aliphatic hydroxyl groups excluding tert-OH is 1. The van der Waals surface area contributed by atoms with Gasteiger partial charge in [-0.15, -0.1) is 0 Å². The number of esters is 2. The fraction of sp³-hybridized carbons (Fsp3) is 0.881. The normalized spacial score (nSPS) is 12.3. The van der Waals surface area contributed by atoms with Gasteiger partial charge in [-0.05, 0) is 51.4 Å². The second-order valence-electron chi connectivity index (χ2n) is 22.2. The van der Waals surface area contributed by atoms with Gasteiger partial charge in [0.25, 0.3) is 0 Å². The third kappa shape index (κ3) is 60.7. The maximum Gasteiger partial charge on any atom is 0.306 e. The summed E-state index contributed by atoms with van der Waals surface area (Å²) in [5.41, 5.74) is 0. The lowest BCUT2D eigenvalue weighted by molar-refractivity contribution is -0.161. The minimum atomic E-state index is -0.772. The number of carbonyl (C=O) groups excluding carboxylic acids is 2. The van der Waals surface area contributed by atoms with Crippen molar-refractivity contribution in [2.45, 2.75) is 367 Å². The molecule has 72 heavy (non-hydrogen) atoms. The van der Waals surface area contributed by atoms with E-state index in [1.54, 1.807) is 0 Å². The van der Waals surface area contributed by atoms with E-state index in [0.29, 0.717) is 12.8 Å². The quantitative estimate of drug-likeness (QED) is 0.0373. The number of rotatable bonds is 61. The highest BCUT2D eigenvalue weighted by atomic mass is 16.6. The zero-order chi connectivity index (χ0) is 52.0. The summed E-state index contributed by atoms with van der Waals surface area (Å²) in [6, 6.07) is 0. The molecule has 5 heteroatoms. The van der Waals surface area contributed by atoms with Crippen molar-refractivity contribution >= 4 is 11.9 Å². The molecule has 1 N–H and O–H groups in total.